The van der Waals surface area contributed by atoms with Crippen LogP contribution < -0.4 is 5.32 Å². The van der Waals surface area contributed by atoms with E-state index >= 15 is 0 Å². The molecule has 1 N–H and O–H groups in total. The molecule has 100 valence electrons. The van der Waals surface area contributed by atoms with Crippen LogP contribution in [-0.2, 0) is 7.05 Å². The van der Waals surface area contributed by atoms with Gasteiger partial charge in [0, 0.05) is 13.6 Å². The van der Waals surface area contributed by atoms with E-state index in [0.29, 0.717) is 16.9 Å². The molecule has 0 bridgehead atoms. The van der Waals surface area contributed by atoms with E-state index in [1.54, 1.807) is 18.7 Å². The molecule has 1 aliphatic rings. The van der Waals surface area contributed by atoms with Gasteiger partial charge in [0.2, 0.25) is 5.82 Å². The average Bonchev–Trinajstić information content (AvgIpc) is 2.97. The van der Waals surface area contributed by atoms with Crippen molar-refractivity contribution in [2.45, 2.75) is 39.5 Å². The Labute approximate surface area is 107 Å². The van der Waals surface area contributed by atoms with Crippen LogP contribution in [0, 0.1) is 22.5 Å². The van der Waals surface area contributed by atoms with Gasteiger partial charge in [-0.25, -0.2) is 4.68 Å². The third-order valence-corrected chi connectivity index (χ3v) is 3.74. The summed E-state index contributed by atoms with van der Waals surface area (Å²) >= 11 is 0. The lowest BCUT2D eigenvalue weighted by atomic mass is 10.0. The van der Waals surface area contributed by atoms with Crippen molar-refractivity contribution in [3.8, 4) is 0 Å². The maximum Gasteiger partial charge on any atom is 0.333 e. The summed E-state index contributed by atoms with van der Waals surface area (Å²) in [6.45, 7) is 4.65. The van der Waals surface area contributed by atoms with Crippen LogP contribution in [0.15, 0.2) is 0 Å². The minimum atomic E-state index is -0.357. The topological polar surface area (TPSA) is 73.0 Å². The summed E-state index contributed by atoms with van der Waals surface area (Å²) < 4.78 is 1.56. The third kappa shape index (κ3) is 2.32. The number of rotatable bonds is 6. The second kappa shape index (κ2) is 4.59. The Hall–Kier alpha value is -1.59. The Balaban J connectivity index is 2.12. The molecule has 0 saturated heterocycles. The Bertz CT molecular complexity index is 463. The summed E-state index contributed by atoms with van der Waals surface area (Å²) in [7, 11) is 1.74. The van der Waals surface area contributed by atoms with Gasteiger partial charge in [0.1, 0.15) is 5.69 Å². The molecule has 0 aromatic carbocycles. The SMILES string of the molecule is CCCC1(CNc2c([N+](=O)[O-])c(C)nn2C)CC1. The molecule has 1 aliphatic carbocycles. The first-order valence-electron chi connectivity index (χ1n) is 6.41. The molecule has 1 saturated carbocycles. The summed E-state index contributed by atoms with van der Waals surface area (Å²) in [5.41, 5.74) is 0.927. The highest BCUT2D eigenvalue weighted by atomic mass is 16.6. The summed E-state index contributed by atoms with van der Waals surface area (Å²) in [6.07, 6.45) is 4.79. The van der Waals surface area contributed by atoms with Crippen LogP contribution in [0.4, 0.5) is 11.5 Å². The maximum atomic E-state index is 11.0. The fraction of sp³-hybridized carbons (Fsp3) is 0.750. The van der Waals surface area contributed by atoms with Gasteiger partial charge in [-0.15, -0.1) is 0 Å². The van der Waals surface area contributed by atoms with Gasteiger partial charge in [-0.05, 0) is 31.6 Å². The van der Waals surface area contributed by atoms with Crippen LogP contribution in [0.25, 0.3) is 0 Å². The molecule has 0 radical (unpaired) electrons. The van der Waals surface area contributed by atoms with Gasteiger partial charge < -0.3 is 5.32 Å². The highest BCUT2D eigenvalue weighted by molar-refractivity contribution is 5.59. The zero-order chi connectivity index (χ0) is 13.3. The summed E-state index contributed by atoms with van der Waals surface area (Å²) in [6, 6.07) is 0. The number of nitrogens with zero attached hydrogens (tertiary/aromatic N) is 3. The highest BCUT2D eigenvalue weighted by Gasteiger charge is 2.41. The van der Waals surface area contributed by atoms with Crippen LogP contribution in [-0.4, -0.2) is 21.2 Å². The zero-order valence-corrected chi connectivity index (χ0v) is 11.2. The zero-order valence-electron chi connectivity index (χ0n) is 11.2. The number of aromatic nitrogens is 2. The van der Waals surface area contributed by atoms with Crippen molar-refractivity contribution in [3.63, 3.8) is 0 Å². The van der Waals surface area contributed by atoms with E-state index in [2.05, 4.69) is 17.3 Å². The van der Waals surface area contributed by atoms with E-state index < -0.39 is 0 Å². The van der Waals surface area contributed by atoms with E-state index in [0.717, 1.165) is 13.0 Å². The first-order chi connectivity index (χ1) is 8.49. The first kappa shape index (κ1) is 12.9. The molecule has 0 atom stereocenters. The van der Waals surface area contributed by atoms with Crippen molar-refractivity contribution < 1.29 is 4.92 Å². The molecule has 0 unspecified atom stereocenters. The van der Waals surface area contributed by atoms with Gasteiger partial charge in [0.05, 0.1) is 4.92 Å². The van der Waals surface area contributed by atoms with E-state index in [-0.39, 0.29) is 10.6 Å². The van der Waals surface area contributed by atoms with Crippen LogP contribution in [0.2, 0.25) is 0 Å². The number of hydrogen-bond donors (Lipinski definition) is 1. The molecule has 2 rings (SSSR count). The molecule has 1 aromatic heterocycles. The minimum absolute atomic E-state index is 0.102. The van der Waals surface area contributed by atoms with Gasteiger partial charge in [-0.2, -0.15) is 5.10 Å². The van der Waals surface area contributed by atoms with Crippen LogP contribution in [0.3, 0.4) is 0 Å². The lowest BCUT2D eigenvalue weighted by Gasteiger charge is -2.15. The van der Waals surface area contributed by atoms with Crippen molar-refractivity contribution >= 4 is 11.5 Å². The van der Waals surface area contributed by atoms with Crippen molar-refractivity contribution in [2.75, 3.05) is 11.9 Å². The van der Waals surface area contributed by atoms with Crippen LogP contribution >= 0.6 is 0 Å². The number of anilines is 1. The minimum Gasteiger partial charge on any atom is -0.364 e. The highest BCUT2D eigenvalue weighted by Crippen LogP contribution is 2.49. The molecule has 0 aliphatic heterocycles. The normalized spacial score (nSPS) is 16.6. The van der Waals surface area contributed by atoms with Crippen LogP contribution in [0.5, 0.6) is 0 Å². The van der Waals surface area contributed by atoms with Gasteiger partial charge in [0.15, 0.2) is 0 Å². The van der Waals surface area contributed by atoms with Crippen molar-refractivity contribution in [1.29, 1.82) is 0 Å². The van der Waals surface area contributed by atoms with Gasteiger partial charge in [-0.3, -0.25) is 10.1 Å². The summed E-state index contributed by atoms with van der Waals surface area (Å²) in [4.78, 5) is 10.7. The van der Waals surface area contributed by atoms with Crippen molar-refractivity contribution in [2.24, 2.45) is 12.5 Å². The maximum absolute atomic E-state index is 11.0. The van der Waals surface area contributed by atoms with Gasteiger partial charge >= 0.3 is 5.69 Å². The molecule has 18 heavy (non-hydrogen) atoms. The average molecular weight is 252 g/mol. The lowest BCUT2D eigenvalue weighted by Crippen LogP contribution is -2.17. The Morgan fingerprint density at radius 3 is 2.72 bits per heavy atom. The second-order valence-corrected chi connectivity index (χ2v) is 5.27. The molecular formula is C12H20N4O2. The predicted octanol–water partition coefficient (Wildman–Crippen LogP) is 2.63. The molecule has 0 spiro atoms. The molecule has 6 heteroatoms. The molecule has 1 heterocycles. The Morgan fingerprint density at radius 2 is 2.22 bits per heavy atom. The monoisotopic (exact) mass is 252 g/mol. The van der Waals surface area contributed by atoms with E-state index in [9.17, 15) is 10.1 Å². The number of hydrogen-bond acceptors (Lipinski definition) is 4. The van der Waals surface area contributed by atoms with Crippen LogP contribution in [0.1, 0.15) is 38.3 Å². The summed E-state index contributed by atoms with van der Waals surface area (Å²) in [5.74, 6) is 0.528. The van der Waals surface area contributed by atoms with Crippen molar-refractivity contribution in [1.82, 2.24) is 9.78 Å². The van der Waals surface area contributed by atoms with E-state index in [4.69, 9.17) is 0 Å². The molecule has 6 nitrogen and oxygen atoms in total. The standard InChI is InChI=1S/C12H20N4O2/c1-4-5-12(6-7-12)8-13-11-10(16(17)18)9(2)14-15(11)3/h13H,4-8H2,1-3H3. The fourth-order valence-electron chi connectivity index (χ4n) is 2.56. The molecule has 1 aromatic rings. The van der Waals surface area contributed by atoms with Crippen molar-refractivity contribution in [3.05, 3.63) is 15.8 Å². The second-order valence-electron chi connectivity index (χ2n) is 5.27. The van der Waals surface area contributed by atoms with E-state index in [1.165, 1.54) is 19.3 Å². The van der Waals surface area contributed by atoms with Gasteiger partial charge in [0.25, 0.3) is 0 Å². The third-order valence-electron chi connectivity index (χ3n) is 3.74. The lowest BCUT2D eigenvalue weighted by molar-refractivity contribution is -0.384. The first-order valence-corrected chi connectivity index (χ1v) is 6.41. The quantitative estimate of drug-likeness (QED) is 0.624. The molecule has 0 amide bonds. The number of aryl methyl sites for hydroxylation is 2. The number of nitrogens with one attached hydrogen (secondary N) is 1. The van der Waals surface area contributed by atoms with Gasteiger partial charge in [-0.1, -0.05) is 13.3 Å². The predicted molar refractivity (Wildman–Crippen MR) is 69.7 cm³/mol. The number of nitro groups is 1. The Kier molecular flexibility index (Phi) is 3.28. The largest absolute Gasteiger partial charge is 0.364 e. The Morgan fingerprint density at radius 1 is 1.56 bits per heavy atom. The smallest absolute Gasteiger partial charge is 0.333 e. The van der Waals surface area contributed by atoms with E-state index in [1.807, 2.05) is 0 Å². The molecular weight excluding hydrogens is 232 g/mol. The summed E-state index contributed by atoms with van der Waals surface area (Å²) in [5, 5.41) is 18.4. The molecule has 1 fully saturated rings. The fourth-order valence-corrected chi connectivity index (χ4v) is 2.56.